The van der Waals surface area contributed by atoms with Crippen LogP contribution in [0.1, 0.15) is 28.5 Å². The number of ether oxygens (including phenoxy) is 1. The van der Waals surface area contributed by atoms with Crippen molar-refractivity contribution in [1.29, 1.82) is 0 Å². The molecule has 7 heteroatoms. The Morgan fingerprint density at radius 3 is 2.96 bits per heavy atom. The van der Waals surface area contributed by atoms with Gasteiger partial charge in [-0.25, -0.2) is 5.01 Å². The van der Waals surface area contributed by atoms with Gasteiger partial charge < -0.3 is 10.1 Å². The van der Waals surface area contributed by atoms with E-state index in [-0.39, 0.29) is 11.9 Å². The highest BCUT2D eigenvalue weighted by Crippen LogP contribution is 2.54. The van der Waals surface area contributed by atoms with Gasteiger partial charge in [-0.3, -0.25) is 4.79 Å². The van der Waals surface area contributed by atoms with Gasteiger partial charge in [-0.2, -0.15) is 5.10 Å². The summed E-state index contributed by atoms with van der Waals surface area (Å²) >= 11 is 7.93. The van der Waals surface area contributed by atoms with E-state index in [9.17, 15) is 4.79 Å². The van der Waals surface area contributed by atoms with Crippen molar-refractivity contribution in [3.63, 3.8) is 0 Å². The molecule has 1 amide bonds. The highest BCUT2D eigenvalue weighted by Gasteiger charge is 2.60. The number of carbonyl (C=O) groups is 1. The van der Waals surface area contributed by atoms with E-state index in [4.69, 9.17) is 21.4 Å². The first-order valence-corrected chi connectivity index (χ1v) is 10.2. The van der Waals surface area contributed by atoms with Gasteiger partial charge >= 0.3 is 5.72 Å². The summed E-state index contributed by atoms with van der Waals surface area (Å²) in [5.74, 6) is 0.454. The minimum absolute atomic E-state index is 0.0854. The monoisotopic (exact) mass is 407 g/mol. The SMILES string of the molecule is O=C1Nc2ccc(Cl)cc2[C@]12Oc1ccccc1[C@H]1CC(c3cccs3)=NN12. The quantitative estimate of drug-likeness (QED) is 0.633. The molecule has 5 nitrogen and oxygen atoms in total. The van der Waals surface area contributed by atoms with Crippen LogP contribution in [0.25, 0.3) is 0 Å². The molecule has 2 atom stereocenters. The van der Waals surface area contributed by atoms with Gasteiger partial charge in [0.05, 0.1) is 27.9 Å². The van der Waals surface area contributed by atoms with Crippen molar-refractivity contribution >= 4 is 40.2 Å². The van der Waals surface area contributed by atoms with Gasteiger partial charge in [-0.05, 0) is 35.7 Å². The summed E-state index contributed by atoms with van der Waals surface area (Å²) in [4.78, 5) is 14.4. The fraction of sp³-hybridized carbons (Fsp3) is 0.143. The third kappa shape index (κ3) is 2.02. The number of hydrazone groups is 1. The molecule has 0 bridgehead atoms. The average Bonchev–Trinajstić information content (AvgIpc) is 3.42. The summed E-state index contributed by atoms with van der Waals surface area (Å²) in [6, 6.07) is 17.2. The minimum Gasteiger partial charge on any atom is -0.453 e. The van der Waals surface area contributed by atoms with Crippen LogP contribution < -0.4 is 10.1 Å². The second-order valence-electron chi connectivity index (χ2n) is 7.02. The zero-order valence-electron chi connectivity index (χ0n) is 14.6. The fourth-order valence-corrected chi connectivity index (χ4v) is 5.15. The number of carbonyl (C=O) groups excluding carboxylic acids is 1. The summed E-state index contributed by atoms with van der Waals surface area (Å²) in [5, 5.41) is 12.3. The van der Waals surface area contributed by atoms with E-state index in [0.717, 1.165) is 16.2 Å². The molecule has 0 radical (unpaired) electrons. The second kappa shape index (κ2) is 5.59. The molecule has 0 unspecified atom stereocenters. The summed E-state index contributed by atoms with van der Waals surface area (Å²) in [7, 11) is 0. The van der Waals surface area contributed by atoms with E-state index in [0.29, 0.717) is 28.4 Å². The Balaban J connectivity index is 1.60. The topological polar surface area (TPSA) is 53.9 Å². The number of benzene rings is 2. The number of para-hydroxylation sites is 1. The molecule has 138 valence electrons. The normalized spacial score (nSPS) is 24.3. The molecule has 2 aromatic carbocycles. The van der Waals surface area contributed by atoms with E-state index in [1.807, 2.05) is 46.8 Å². The Bertz CT molecular complexity index is 1160. The maximum atomic E-state index is 13.3. The highest BCUT2D eigenvalue weighted by atomic mass is 35.5. The van der Waals surface area contributed by atoms with Crippen LogP contribution in [0.5, 0.6) is 5.75 Å². The Hall–Kier alpha value is -2.83. The van der Waals surface area contributed by atoms with Gasteiger partial charge in [-0.15, -0.1) is 11.3 Å². The van der Waals surface area contributed by atoms with E-state index < -0.39 is 5.72 Å². The lowest BCUT2D eigenvalue weighted by Gasteiger charge is -2.44. The van der Waals surface area contributed by atoms with Crippen molar-refractivity contribution in [1.82, 2.24) is 5.01 Å². The molecule has 4 heterocycles. The first kappa shape index (κ1) is 16.2. The van der Waals surface area contributed by atoms with Crippen LogP contribution in [-0.4, -0.2) is 16.6 Å². The molecule has 1 aromatic heterocycles. The van der Waals surface area contributed by atoms with Gasteiger partial charge in [0.15, 0.2) is 0 Å². The standard InChI is InChI=1S/C21H14ClN3O2S/c22-12-7-8-15-14(10-12)21(20(26)23-15)25-17(13-4-1-2-5-18(13)27-21)11-16(24-25)19-6-3-9-28-19/h1-10,17H,11H2,(H,23,26)/t17-,21+/m1/s1. The Kier molecular flexibility index (Phi) is 3.23. The molecule has 28 heavy (non-hydrogen) atoms. The van der Waals surface area contributed by atoms with Crippen LogP contribution >= 0.6 is 22.9 Å². The predicted octanol–water partition coefficient (Wildman–Crippen LogP) is 4.75. The Morgan fingerprint density at radius 2 is 2.11 bits per heavy atom. The van der Waals surface area contributed by atoms with E-state index in [1.54, 1.807) is 23.5 Å². The predicted molar refractivity (Wildman–Crippen MR) is 109 cm³/mol. The number of anilines is 1. The van der Waals surface area contributed by atoms with E-state index in [2.05, 4.69) is 11.4 Å². The fourth-order valence-electron chi connectivity index (χ4n) is 4.25. The summed E-state index contributed by atoms with van der Waals surface area (Å²) < 4.78 is 6.41. The lowest BCUT2D eigenvalue weighted by atomic mass is 9.93. The minimum atomic E-state index is -1.36. The van der Waals surface area contributed by atoms with Crippen LogP contribution in [-0.2, 0) is 10.5 Å². The van der Waals surface area contributed by atoms with E-state index in [1.165, 1.54) is 0 Å². The molecule has 0 saturated carbocycles. The molecule has 0 fully saturated rings. The number of nitrogens with zero attached hydrogens (tertiary/aromatic N) is 2. The largest absolute Gasteiger partial charge is 0.453 e. The van der Waals surface area contributed by atoms with Gasteiger partial charge in [0.25, 0.3) is 5.91 Å². The lowest BCUT2D eigenvalue weighted by molar-refractivity contribution is -0.161. The number of nitrogens with one attached hydrogen (secondary N) is 1. The van der Waals surface area contributed by atoms with Crippen LogP contribution in [0.3, 0.4) is 0 Å². The Labute approximate surface area is 170 Å². The molecule has 1 N–H and O–H groups in total. The Morgan fingerprint density at radius 1 is 1.21 bits per heavy atom. The number of amides is 1. The molecule has 3 aliphatic rings. The zero-order valence-corrected chi connectivity index (χ0v) is 16.1. The molecule has 3 aliphatic heterocycles. The number of hydrogen-bond donors (Lipinski definition) is 1. The number of fused-ring (bicyclic) bond motifs is 6. The molecule has 6 rings (SSSR count). The maximum absolute atomic E-state index is 13.3. The highest BCUT2D eigenvalue weighted by molar-refractivity contribution is 7.12. The molecule has 1 spiro atoms. The molecule has 3 aromatic rings. The van der Waals surface area contributed by atoms with Crippen LogP contribution in [0.4, 0.5) is 5.69 Å². The van der Waals surface area contributed by atoms with Crippen LogP contribution in [0.15, 0.2) is 65.1 Å². The van der Waals surface area contributed by atoms with Crippen molar-refractivity contribution in [3.05, 3.63) is 81.0 Å². The molecule has 0 saturated heterocycles. The third-order valence-electron chi connectivity index (χ3n) is 5.48. The van der Waals surface area contributed by atoms with Crippen molar-refractivity contribution in [2.75, 3.05) is 5.32 Å². The van der Waals surface area contributed by atoms with Gasteiger partial charge in [-0.1, -0.05) is 35.9 Å². The van der Waals surface area contributed by atoms with Crippen molar-refractivity contribution < 1.29 is 9.53 Å². The second-order valence-corrected chi connectivity index (χ2v) is 8.40. The number of halogens is 1. The van der Waals surface area contributed by atoms with Gasteiger partial charge in [0.2, 0.25) is 0 Å². The average molecular weight is 408 g/mol. The third-order valence-corrected chi connectivity index (χ3v) is 6.63. The van der Waals surface area contributed by atoms with Crippen molar-refractivity contribution in [3.8, 4) is 5.75 Å². The number of hydrogen-bond acceptors (Lipinski definition) is 5. The smallest absolute Gasteiger partial charge is 0.306 e. The van der Waals surface area contributed by atoms with Gasteiger partial charge in [0, 0.05) is 17.0 Å². The summed E-state index contributed by atoms with van der Waals surface area (Å²) in [5.41, 5.74) is 2.03. The first-order chi connectivity index (χ1) is 13.7. The van der Waals surface area contributed by atoms with Crippen molar-refractivity contribution in [2.24, 2.45) is 5.10 Å². The molecule has 0 aliphatic carbocycles. The zero-order chi connectivity index (χ0) is 18.9. The first-order valence-electron chi connectivity index (χ1n) is 8.97. The summed E-state index contributed by atoms with van der Waals surface area (Å²) in [6.07, 6.45) is 0.714. The molecular weight excluding hydrogens is 394 g/mol. The van der Waals surface area contributed by atoms with E-state index >= 15 is 0 Å². The number of rotatable bonds is 1. The van der Waals surface area contributed by atoms with Gasteiger partial charge in [0.1, 0.15) is 5.75 Å². The van der Waals surface area contributed by atoms with Crippen LogP contribution in [0.2, 0.25) is 5.02 Å². The number of thiophene rings is 1. The van der Waals surface area contributed by atoms with Crippen LogP contribution in [0, 0.1) is 0 Å². The lowest BCUT2D eigenvalue weighted by Crippen LogP contribution is -2.55. The van der Waals surface area contributed by atoms with Crippen molar-refractivity contribution in [2.45, 2.75) is 18.2 Å². The molecular formula is C21H14ClN3O2S. The maximum Gasteiger partial charge on any atom is 0.306 e. The summed E-state index contributed by atoms with van der Waals surface area (Å²) in [6.45, 7) is 0.